The number of alkyl halides is 1. The molecule has 0 bridgehead atoms. The van der Waals surface area contributed by atoms with Crippen LogP contribution in [0.1, 0.15) is 20.3 Å². The molecule has 1 atom stereocenters. The van der Waals surface area contributed by atoms with E-state index in [4.69, 9.17) is 11.6 Å². The summed E-state index contributed by atoms with van der Waals surface area (Å²) in [7, 11) is 0. The Morgan fingerprint density at radius 1 is 1.50 bits per heavy atom. The highest BCUT2D eigenvalue weighted by Gasteiger charge is 2.11. The zero-order valence-corrected chi connectivity index (χ0v) is 7.94. The second kappa shape index (κ2) is 5.83. The third-order valence-corrected chi connectivity index (χ3v) is 1.33. The van der Waals surface area contributed by atoms with E-state index in [9.17, 15) is 9.59 Å². The van der Waals surface area contributed by atoms with Gasteiger partial charge in [-0.25, -0.2) is 4.79 Å². The van der Waals surface area contributed by atoms with Gasteiger partial charge >= 0.3 is 6.03 Å². The molecule has 0 aromatic rings. The van der Waals surface area contributed by atoms with Crippen molar-refractivity contribution in [3.8, 4) is 0 Å². The second-order valence-electron chi connectivity index (χ2n) is 2.36. The predicted octanol–water partition coefficient (Wildman–Crippen LogP) is 0.850. The van der Waals surface area contributed by atoms with Crippen LogP contribution in [0.5, 0.6) is 0 Å². The summed E-state index contributed by atoms with van der Waals surface area (Å²) in [5.74, 6) is -0.481. The second-order valence-corrected chi connectivity index (χ2v) is 3.02. The topological polar surface area (TPSA) is 58.2 Å². The molecule has 0 aliphatic heterocycles. The van der Waals surface area contributed by atoms with Crippen LogP contribution in [0.2, 0.25) is 0 Å². The molecule has 0 aromatic carbocycles. The molecule has 3 amide bonds. The molecule has 0 radical (unpaired) electrons. The van der Waals surface area contributed by atoms with E-state index in [1.54, 1.807) is 0 Å². The lowest BCUT2D eigenvalue weighted by molar-refractivity contribution is -0.119. The minimum absolute atomic E-state index is 0.481. The van der Waals surface area contributed by atoms with E-state index in [1.165, 1.54) is 6.92 Å². The maximum Gasteiger partial charge on any atom is 0.321 e. The van der Waals surface area contributed by atoms with E-state index < -0.39 is 17.3 Å². The molecule has 0 spiro atoms. The Hall–Kier alpha value is -0.770. The average Bonchev–Trinajstić information content (AvgIpc) is 2.00. The maximum absolute atomic E-state index is 10.8. The highest BCUT2D eigenvalue weighted by Crippen LogP contribution is 1.91. The van der Waals surface area contributed by atoms with Crippen LogP contribution in [0.4, 0.5) is 4.79 Å². The zero-order chi connectivity index (χ0) is 9.56. The smallest absolute Gasteiger partial charge is 0.321 e. The van der Waals surface area contributed by atoms with Gasteiger partial charge in [0, 0.05) is 6.54 Å². The monoisotopic (exact) mass is 192 g/mol. The van der Waals surface area contributed by atoms with Crippen LogP contribution in [0, 0.1) is 0 Å². The normalized spacial score (nSPS) is 11.9. The number of carbonyl (C=O) groups excluding carboxylic acids is 2. The van der Waals surface area contributed by atoms with Gasteiger partial charge in [0.25, 0.3) is 0 Å². The summed E-state index contributed by atoms with van der Waals surface area (Å²) in [6, 6.07) is -0.491. The quantitative estimate of drug-likeness (QED) is 0.652. The summed E-state index contributed by atoms with van der Waals surface area (Å²) in [5, 5.41) is 3.90. The number of rotatable bonds is 3. The summed E-state index contributed by atoms with van der Waals surface area (Å²) in [5.41, 5.74) is 0. The van der Waals surface area contributed by atoms with E-state index in [2.05, 4.69) is 10.6 Å². The SMILES string of the molecule is CCCNC(=O)NC(=O)C(C)Cl. The van der Waals surface area contributed by atoms with E-state index in [-0.39, 0.29) is 0 Å². The van der Waals surface area contributed by atoms with Crippen LogP contribution < -0.4 is 10.6 Å². The van der Waals surface area contributed by atoms with Crippen molar-refractivity contribution in [3.63, 3.8) is 0 Å². The number of carbonyl (C=O) groups is 2. The Morgan fingerprint density at radius 2 is 2.08 bits per heavy atom. The van der Waals surface area contributed by atoms with Gasteiger partial charge in [-0.05, 0) is 13.3 Å². The van der Waals surface area contributed by atoms with Gasteiger partial charge in [-0.2, -0.15) is 0 Å². The van der Waals surface area contributed by atoms with Crippen LogP contribution in [0.3, 0.4) is 0 Å². The van der Waals surface area contributed by atoms with Crippen molar-refractivity contribution in [1.29, 1.82) is 0 Å². The first-order chi connectivity index (χ1) is 5.57. The molecule has 0 rings (SSSR count). The Kier molecular flexibility index (Phi) is 5.45. The van der Waals surface area contributed by atoms with E-state index in [0.717, 1.165) is 6.42 Å². The average molecular weight is 193 g/mol. The summed E-state index contributed by atoms with van der Waals surface area (Å²) < 4.78 is 0. The summed E-state index contributed by atoms with van der Waals surface area (Å²) in [4.78, 5) is 21.6. The number of amides is 3. The molecular weight excluding hydrogens is 180 g/mol. The lowest BCUT2D eigenvalue weighted by atomic mass is 10.4. The van der Waals surface area contributed by atoms with E-state index >= 15 is 0 Å². The summed E-state index contributed by atoms with van der Waals surface area (Å²) in [6.07, 6.45) is 0.831. The van der Waals surface area contributed by atoms with Gasteiger partial charge in [0.15, 0.2) is 0 Å². The summed E-state index contributed by atoms with van der Waals surface area (Å²) in [6.45, 7) is 3.98. The van der Waals surface area contributed by atoms with Gasteiger partial charge in [0.05, 0.1) is 0 Å². The number of halogens is 1. The minimum atomic E-state index is -0.683. The molecule has 0 aliphatic carbocycles. The minimum Gasteiger partial charge on any atom is -0.338 e. The maximum atomic E-state index is 10.8. The van der Waals surface area contributed by atoms with E-state index in [0.29, 0.717) is 6.54 Å². The third-order valence-electron chi connectivity index (χ3n) is 1.13. The van der Waals surface area contributed by atoms with Crippen LogP contribution in [-0.4, -0.2) is 23.9 Å². The molecule has 0 aromatic heterocycles. The van der Waals surface area contributed by atoms with Gasteiger partial charge in [-0.15, -0.1) is 11.6 Å². The molecule has 5 heteroatoms. The van der Waals surface area contributed by atoms with Crippen molar-refractivity contribution >= 4 is 23.5 Å². The lowest BCUT2D eigenvalue weighted by Crippen LogP contribution is -2.42. The fraction of sp³-hybridized carbons (Fsp3) is 0.714. The Morgan fingerprint density at radius 3 is 2.50 bits per heavy atom. The van der Waals surface area contributed by atoms with Gasteiger partial charge in [-0.1, -0.05) is 6.92 Å². The number of hydrogen-bond donors (Lipinski definition) is 2. The number of imide groups is 1. The molecule has 1 unspecified atom stereocenters. The molecule has 0 saturated heterocycles. The molecule has 0 aliphatic rings. The number of nitrogens with one attached hydrogen (secondary N) is 2. The highest BCUT2D eigenvalue weighted by molar-refractivity contribution is 6.31. The van der Waals surface area contributed by atoms with Crippen molar-refractivity contribution in [1.82, 2.24) is 10.6 Å². The van der Waals surface area contributed by atoms with Gasteiger partial charge in [0.1, 0.15) is 5.38 Å². The zero-order valence-electron chi connectivity index (χ0n) is 7.19. The molecule has 12 heavy (non-hydrogen) atoms. The number of urea groups is 1. The molecule has 0 fully saturated rings. The molecule has 4 nitrogen and oxygen atoms in total. The van der Waals surface area contributed by atoms with Gasteiger partial charge < -0.3 is 5.32 Å². The molecule has 70 valence electrons. The first kappa shape index (κ1) is 11.2. The largest absolute Gasteiger partial charge is 0.338 e. The highest BCUT2D eigenvalue weighted by atomic mass is 35.5. The van der Waals surface area contributed by atoms with Crippen molar-refractivity contribution in [2.75, 3.05) is 6.54 Å². The Balaban J connectivity index is 3.62. The van der Waals surface area contributed by atoms with Gasteiger partial charge in [-0.3, -0.25) is 10.1 Å². The van der Waals surface area contributed by atoms with Crippen LogP contribution in [0.25, 0.3) is 0 Å². The van der Waals surface area contributed by atoms with Crippen molar-refractivity contribution in [2.24, 2.45) is 0 Å². The van der Waals surface area contributed by atoms with Crippen molar-refractivity contribution < 1.29 is 9.59 Å². The van der Waals surface area contributed by atoms with Crippen LogP contribution in [0.15, 0.2) is 0 Å². The van der Waals surface area contributed by atoms with Crippen LogP contribution in [-0.2, 0) is 4.79 Å². The summed E-state index contributed by atoms with van der Waals surface area (Å²) >= 11 is 5.41. The fourth-order valence-corrected chi connectivity index (χ4v) is 0.549. The Bertz CT molecular complexity index is 171. The molecule has 0 heterocycles. The van der Waals surface area contributed by atoms with Crippen molar-refractivity contribution in [2.45, 2.75) is 25.6 Å². The first-order valence-electron chi connectivity index (χ1n) is 3.80. The molecule has 0 saturated carbocycles. The predicted molar refractivity (Wildman–Crippen MR) is 47.1 cm³/mol. The fourth-order valence-electron chi connectivity index (χ4n) is 0.494. The van der Waals surface area contributed by atoms with Crippen molar-refractivity contribution in [3.05, 3.63) is 0 Å². The number of hydrogen-bond acceptors (Lipinski definition) is 2. The first-order valence-corrected chi connectivity index (χ1v) is 4.24. The van der Waals surface area contributed by atoms with Gasteiger partial charge in [0.2, 0.25) is 5.91 Å². The Labute approximate surface area is 76.7 Å². The van der Waals surface area contributed by atoms with Crippen LogP contribution >= 0.6 is 11.6 Å². The third kappa shape index (κ3) is 4.96. The standard InChI is InChI=1S/C7H13ClN2O2/c1-3-4-9-7(12)10-6(11)5(2)8/h5H,3-4H2,1-2H3,(H2,9,10,11,12). The molecule has 2 N–H and O–H groups in total. The van der Waals surface area contributed by atoms with E-state index in [1.807, 2.05) is 6.92 Å². The molecular formula is C7H13ClN2O2. The lowest BCUT2D eigenvalue weighted by Gasteiger charge is -2.05.